The zero-order valence-corrected chi connectivity index (χ0v) is 11.4. The molecule has 3 rings (SSSR count). The highest BCUT2D eigenvalue weighted by molar-refractivity contribution is 5.58. The van der Waals surface area contributed by atoms with Crippen LogP contribution in [0.1, 0.15) is 24.5 Å². The summed E-state index contributed by atoms with van der Waals surface area (Å²) in [4.78, 5) is 0. The first kappa shape index (κ1) is 13.1. The van der Waals surface area contributed by atoms with Crippen LogP contribution < -0.4 is 5.32 Å². The van der Waals surface area contributed by atoms with Crippen LogP contribution in [0.2, 0.25) is 0 Å². The standard InChI is InChI=1S/C17H18FNO/c1-2-17(20,13-8-4-5-9-14(13)18)16-11-12-7-3-6-10-15(12)19-16/h3-10,16,19-20H,2,11H2,1H3. The molecule has 0 radical (unpaired) electrons. The van der Waals surface area contributed by atoms with Crippen molar-refractivity contribution in [2.45, 2.75) is 31.4 Å². The van der Waals surface area contributed by atoms with E-state index in [0.29, 0.717) is 18.4 Å². The van der Waals surface area contributed by atoms with Crippen molar-refractivity contribution in [1.29, 1.82) is 0 Å². The summed E-state index contributed by atoms with van der Waals surface area (Å²) in [7, 11) is 0. The second kappa shape index (κ2) is 4.91. The topological polar surface area (TPSA) is 32.3 Å². The number of aliphatic hydroxyl groups is 1. The predicted molar refractivity (Wildman–Crippen MR) is 78.1 cm³/mol. The average molecular weight is 271 g/mol. The maximum Gasteiger partial charge on any atom is 0.129 e. The fourth-order valence-corrected chi connectivity index (χ4v) is 3.02. The molecule has 1 aliphatic rings. The van der Waals surface area contributed by atoms with E-state index in [1.807, 2.05) is 31.2 Å². The van der Waals surface area contributed by atoms with E-state index in [4.69, 9.17) is 0 Å². The van der Waals surface area contributed by atoms with Gasteiger partial charge < -0.3 is 10.4 Å². The largest absolute Gasteiger partial charge is 0.383 e. The second-order valence-corrected chi connectivity index (χ2v) is 5.32. The monoisotopic (exact) mass is 271 g/mol. The zero-order chi connectivity index (χ0) is 14.2. The Labute approximate surface area is 118 Å². The smallest absolute Gasteiger partial charge is 0.129 e. The van der Waals surface area contributed by atoms with Gasteiger partial charge in [0.05, 0.1) is 6.04 Å². The molecule has 2 N–H and O–H groups in total. The van der Waals surface area contributed by atoms with Crippen molar-refractivity contribution in [3.63, 3.8) is 0 Å². The van der Waals surface area contributed by atoms with Gasteiger partial charge in [-0.15, -0.1) is 0 Å². The van der Waals surface area contributed by atoms with Gasteiger partial charge in [0.1, 0.15) is 11.4 Å². The van der Waals surface area contributed by atoms with E-state index >= 15 is 0 Å². The van der Waals surface area contributed by atoms with Crippen molar-refractivity contribution >= 4 is 5.69 Å². The number of fused-ring (bicyclic) bond motifs is 1. The molecule has 2 atom stereocenters. The number of rotatable bonds is 3. The Hall–Kier alpha value is -1.87. The lowest BCUT2D eigenvalue weighted by Gasteiger charge is -2.34. The molecule has 0 amide bonds. The summed E-state index contributed by atoms with van der Waals surface area (Å²) in [6.45, 7) is 1.89. The third-order valence-corrected chi connectivity index (χ3v) is 4.23. The van der Waals surface area contributed by atoms with E-state index in [1.165, 1.54) is 11.6 Å². The number of benzene rings is 2. The molecule has 0 bridgehead atoms. The second-order valence-electron chi connectivity index (χ2n) is 5.32. The summed E-state index contributed by atoms with van der Waals surface area (Å²) < 4.78 is 14.1. The van der Waals surface area contributed by atoms with Crippen LogP contribution in [-0.2, 0) is 12.0 Å². The Morgan fingerprint density at radius 2 is 1.90 bits per heavy atom. The molecule has 0 saturated heterocycles. The summed E-state index contributed by atoms with van der Waals surface area (Å²) in [6, 6.07) is 14.3. The first-order valence-corrected chi connectivity index (χ1v) is 6.97. The van der Waals surface area contributed by atoms with Crippen molar-refractivity contribution in [3.8, 4) is 0 Å². The van der Waals surface area contributed by atoms with E-state index in [2.05, 4.69) is 5.32 Å². The predicted octanol–water partition coefficient (Wildman–Crippen LogP) is 3.46. The van der Waals surface area contributed by atoms with Crippen LogP contribution in [0.25, 0.3) is 0 Å². The van der Waals surface area contributed by atoms with Gasteiger partial charge in [0.2, 0.25) is 0 Å². The summed E-state index contributed by atoms with van der Waals surface area (Å²) in [5.41, 5.74) is 1.36. The number of halogens is 1. The van der Waals surface area contributed by atoms with Crippen molar-refractivity contribution in [3.05, 3.63) is 65.5 Å². The van der Waals surface area contributed by atoms with Gasteiger partial charge in [0, 0.05) is 11.3 Å². The van der Waals surface area contributed by atoms with Crippen LogP contribution in [-0.4, -0.2) is 11.1 Å². The van der Waals surface area contributed by atoms with Gasteiger partial charge in [-0.05, 0) is 30.5 Å². The lowest BCUT2D eigenvalue weighted by atomic mass is 9.82. The van der Waals surface area contributed by atoms with Crippen LogP contribution in [0.5, 0.6) is 0 Å². The normalized spacial score (nSPS) is 20.1. The van der Waals surface area contributed by atoms with Crippen molar-refractivity contribution < 1.29 is 9.50 Å². The van der Waals surface area contributed by atoms with Gasteiger partial charge in [-0.2, -0.15) is 0 Å². The summed E-state index contributed by atoms with van der Waals surface area (Å²) in [5, 5.41) is 14.4. The number of nitrogens with one attached hydrogen (secondary N) is 1. The van der Waals surface area contributed by atoms with Crippen LogP contribution >= 0.6 is 0 Å². The van der Waals surface area contributed by atoms with E-state index < -0.39 is 5.60 Å². The minimum absolute atomic E-state index is 0.207. The fraction of sp³-hybridized carbons (Fsp3) is 0.294. The highest BCUT2D eigenvalue weighted by Crippen LogP contribution is 2.38. The Kier molecular flexibility index (Phi) is 3.22. The molecule has 0 aliphatic carbocycles. The summed E-state index contributed by atoms with van der Waals surface area (Å²) in [5.74, 6) is -0.352. The van der Waals surface area contributed by atoms with Crippen molar-refractivity contribution in [2.75, 3.05) is 5.32 Å². The molecule has 0 fully saturated rings. The summed E-state index contributed by atoms with van der Waals surface area (Å²) in [6.07, 6.45) is 1.16. The number of hydrogen-bond donors (Lipinski definition) is 2. The minimum Gasteiger partial charge on any atom is -0.383 e. The number of anilines is 1. The quantitative estimate of drug-likeness (QED) is 0.896. The van der Waals surface area contributed by atoms with Crippen LogP contribution in [0.15, 0.2) is 48.5 Å². The lowest BCUT2D eigenvalue weighted by molar-refractivity contribution is 0.0109. The Balaban J connectivity index is 1.98. The van der Waals surface area contributed by atoms with Gasteiger partial charge in [0.25, 0.3) is 0 Å². The molecule has 104 valence electrons. The van der Waals surface area contributed by atoms with E-state index in [-0.39, 0.29) is 11.9 Å². The van der Waals surface area contributed by atoms with Gasteiger partial charge in [-0.25, -0.2) is 4.39 Å². The van der Waals surface area contributed by atoms with E-state index in [1.54, 1.807) is 18.2 Å². The first-order chi connectivity index (χ1) is 9.65. The molecule has 2 aromatic carbocycles. The van der Waals surface area contributed by atoms with Crippen LogP contribution in [0.3, 0.4) is 0 Å². The van der Waals surface area contributed by atoms with Crippen LogP contribution in [0, 0.1) is 5.82 Å². The van der Waals surface area contributed by atoms with Crippen LogP contribution in [0.4, 0.5) is 10.1 Å². The van der Waals surface area contributed by atoms with Gasteiger partial charge in [-0.1, -0.05) is 43.3 Å². The highest BCUT2D eigenvalue weighted by Gasteiger charge is 2.41. The highest BCUT2D eigenvalue weighted by atomic mass is 19.1. The SMILES string of the molecule is CCC(O)(c1ccccc1F)C1Cc2ccccc2N1. The average Bonchev–Trinajstić information content (AvgIpc) is 2.91. The molecule has 3 heteroatoms. The molecule has 0 aromatic heterocycles. The third-order valence-electron chi connectivity index (χ3n) is 4.23. The maximum atomic E-state index is 14.1. The van der Waals surface area contributed by atoms with E-state index in [0.717, 1.165) is 5.69 Å². The lowest BCUT2D eigenvalue weighted by Crippen LogP contribution is -2.43. The molecule has 2 nitrogen and oxygen atoms in total. The molecule has 0 saturated carbocycles. The van der Waals surface area contributed by atoms with Gasteiger partial charge >= 0.3 is 0 Å². The molecule has 1 heterocycles. The van der Waals surface area contributed by atoms with E-state index in [9.17, 15) is 9.50 Å². The zero-order valence-electron chi connectivity index (χ0n) is 11.4. The Morgan fingerprint density at radius 1 is 1.20 bits per heavy atom. The van der Waals surface area contributed by atoms with Gasteiger partial charge in [-0.3, -0.25) is 0 Å². The molecule has 2 aromatic rings. The first-order valence-electron chi connectivity index (χ1n) is 6.97. The van der Waals surface area contributed by atoms with Gasteiger partial charge in [0.15, 0.2) is 0 Å². The molecule has 0 spiro atoms. The minimum atomic E-state index is -1.20. The third kappa shape index (κ3) is 1.98. The Bertz CT molecular complexity index is 603. The fourth-order valence-electron chi connectivity index (χ4n) is 3.02. The molecular formula is C17H18FNO. The molecule has 2 unspecified atom stereocenters. The summed E-state index contributed by atoms with van der Waals surface area (Å²) >= 11 is 0. The maximum absolute atomic E-state index is 14.1. The van der Waals surface area contributed by atoms with Crippen molar-refractivity contribution in [2.24, 2.45) is 0 Å². The van der Waals surface area contributed by atoms with Crippen molar-refractivity contribution in [1.82, 2.24) is 0 Å². The molecular weight excluding hydrogens is 253 g/mol. The molecule has 20 heavy (non-hydrogen) atoms. The number of hydrogen-bond acceptors (Lipinski definition) is 2. The Morgan fingerprint density at radius 3 is 2.60 bits per heavy atom. The number of para-hydroxylation sites is 1. The molecule has 1 aliphatic heterocycles.